The van der Waals surface area contributed by atoms with Gasteiger partial charge >= 0.3 is 5.97 Å². The van der Waals surface area contributed by atoms with Crippen LogP contribution in [-0.4, -0.2) is 40.2 Å². The molecule has 1 amide bonds. The van der Waals surface area contributed by atoms with E-state index in [2.05, 4.69) is 4.99 Å². The number of aliphatic imine (C=N–C) groups is 1. The summed E-state index contributed by atoms with van der Waals surface area (Å²) in [7, 11) is 0. The number of thioether (sulfide) groups is 1. The lowest BCUT2D eigenvalue weighted by Gasteiger charge is -2.13. The molecule has 0 radical (unpaired) electrons. The van der Waals surface area contributed by atoms with Gasteiger partial charge < -0.3 is 14.6 Å². The van der Waals surface area contributed by atoms with Crippen LogP contribution in [0.4, 0.5) is 5.69 Å². The fourth-order valence-electron chi connectivity index (χ4n) is 3.61. The fraction of sp³-hybridized carbons (Fsp3) is 0.179. The topological polar surface area (TPSA) is 88.4 Å². The van der Waals surface area contributed by atoms with E-state index in [1.165, 1.54) is 23.9 Å². The summed E-state index contributed by atoms with van der Waals surface area (Å²) >= 11 is 13.5. The van der Waals surface area contributed by atoms with Crippen molar-refractivity contribution in [1.82, 2.24) is 4.90 Å². The summed E-state index contributed by atoms with van der Waals surface area (Å²) in [5.74, 6) is -0.0736. The smallest absolute Gasteiger partial charge is 0.335 e. The second-order valence-electron chi connectivity index (χ2n) is 8.07. The van der Waals surface area contributed by atoms with Gasteiger partial charge in [-0.25, -0.2) is 9.79 Å². The van der Waals surface area contributed by atoms with Crippen LogP contribution in [0.5, 0.6) is 11.5 Å². The minimum absolute atomic E-state index is 0.158. The number of carbonyl (C=O) groups is 2. The summed E-state index contributed by atoms with van der Waals surface area (Å²) < 4.78 is 11.8. The van der Waals surface area contributed by atoms with E-state index in [0.29, 0.717) is 50.5 Å². The average Bonchev–Trinajstić information content (AvgIpc) is 3.18. The number of carboxylic acid groups (broad SMARTS) is 1. The molecular weight excluding hydrogens is 547 g/mol. The monoisotopic (exact) mass is 570 g/mol. The quantitative estimate of drug-likeness (QED) is 0.271. The number of nitrogens with zero attached hydrogens (tertiary/aromatic N) is 2. The molecule has 0 atom stereocenters. The largest absolute Gasteiger partial charge is 0.490 e. The summed E-state index contributed by atoms with van der Waals surface area (Å²) in [5.41, 5.74) is 2.29. The van der Waals surface area contributed by atoms with Gasteiger partial charge in [0.15, 0.2) is 16.7 Å². The Labute approximate surface area is 234 Å². The zero-order chi connectivity index (χ0) is 27.2. The molecule has 3 aromatic carbocycles. The van der Waals surface area contributed by atoms with E-state index in [1.807, 2.05) is 32.0 Å². The lowest BCUT2D eigenvalue weighted by Crippen LogP contribution is -2.28. The molecule has 3 aromatic rings. The minimum atomic E-state index is -1.01. The first-order valence-corrected chi connectivity index (χ1v) is 13.3. The van der Waals surface area contributed by atoms with E-state index < -0.39 is 5.97 Å². The first kappa shape index (κ1) is 27.6. The first-order chi connectivity index (χ1) is 18.3. The number of carbonyl (C=O) groups excluding carboxylic acids is 1. The summed E-state index contributed by atoms with van der Waals surface area (Å²) in [6, 6.07) is 16.9. The zero-order valence-electron chi connectivity index (χ0n) is 20.6. The van der Waals surface area contributed by atoms with Gasteiger partial charge in [-0.05, 0) is 85.8 Å². The maximum atomic E-state index is 13.1. The number of rotatable bonds is 9. The van der Waals surface area contributed by atoms with Crippen molar-refractivity contribution in [2.75, 3.05) is 13.2 Å². The molecule has 0 unspecified atom stereocenters. The lowest BCUT2D eigenvalue weighted by atomic mass is 10.1. The van der Waals surface area contributed by atoms with Gasteiger partial charge in [0.2, 0.25) is 0 Å². The average molecular weight is 571 g/mol. The summed E-state index contributed by atoms with van der Waals surface area (Å²) in [6.45, 7) is 4.87. The third-order valence-electron chi connectivity index (χ3n) is 5.51. The summed E-state index contributed by atoms with van der Waals surface area (Å²) in [4.78, 5) is 30.8. The fourth-order valence-corrected chi connectivity index (χ4v) is 5.13. The van der Waals surface area contributed by atoms with E-state index in [0.717, 1.165) is 11.1 Å². The Morgan fingerprint density at radius 1 is 1.03 bits per heavy atom. The van der Waals surface area contributed by atoms with Crippen LogP contribution in [0.2, 0.25) is 10.0 Å². The standard InChI is InChI=1S/C28H24Cl2N2O5S/c1-3-32-26(33)25(38-28(32)31-21-10-7-18(8-11-21)27(34)35)14-17-5-12-23(24(13-17)36-4-2)37-16-19-6-9-20(29)15-22(19)30/h5-15H,3-4,16H2,1-2H3,(H,34,35)/b25-14-,31-28?. The number of hydrogen-bond acceptors (Lipinski definition) is 6. The predicted octanol–water partition coefficient (Wildman–Crippen LogP) is 7.29. The van der Waals surface area contributed by atoms with Gasteiger partial charge in [-0.3, -0.25) is 9.69 Å². The maximum absolute atomic E-state index is 13.1. The van der Waals surface area contributed by atoms with Crippen LogP contribution in [0.25, 0.3) is 6.08 Å². The number of carboxylic acids is 1. The maximum Gasteiger partial charge on any atom is 0.335 e. The number of amidine groups is 1. The number of halogens is 2. The van der Waals surface area contributed by atoms with Crippen molar-refractivity contribution >= 4 is 63.8 Å². The van der Waals surface area contributed by atoms with E-state index in [4.69, 9.17) is 37.8 Å². The van der Waals surface area contributed by atoms with Crippen molar-refractivity contribution in [1.29, 1.82) is 0 Å². The Morgan fingerprint density at radius 3 is 2.45 bits per heavy atom. The van der Waals surface area contributed by atoms with E-state index in [1.54, 1.807) is 41.3 Å². The number of aromatic carboxylic acids is 1. The minimum Gasteiger partial charge on any atom is -0.490 e. The molecule has 1 fully saturated rings. The third kappa shape index (κ3) is 6.51. The number of hydrogen-bond donors (Lipinski definition) is 1. The molecule has 10 heteroatoms. The van der Waals surface area contributed by atoms with Gasteiger partial charge in [-0.1, -0.05) is 35.3 Å². The number of benzene rings is 3. The molecule has 0 aliphatic carbocycles. The SMILES string of the molecule is CCOc1cc(/C=C2\SC(=Nc3ccc(C(=O)O)cc3)N(CC)C2=O)ccc1OCc1ccc(Cl)cc1Cl. The highest BCUT2D eigenvalue weighted by molar-refractivity contribution is 8.18. The molecule has 1 heterocycles. The number of ether oxygens (including phenoxy) is 2. The molecule has 38 heavy (non-hydrogen) atoms. The Hall–Kier alpha value is -3.46. The highest BCUT2D eigenvalue weighted by Gasteiger charge is 2.32. The van der Waals surface area contributed by atoms with Crippen LogP contribution in [0.15, 0.2) is 70.6 Å². The van der Waals surface area contributed by atoms with Gasteiger partial charge in [-0.2, -0.15) is 0 Å². The molecule has 7 nitrogen and oxygen atoms in total. The molecule has 0 aromatic heterocycles. The highest BCUT2D eigenvalue weighted by Crippen LogP contribution is 2.36. The number of amides is 1. The number of likely N-dealkylation sites (N-methyl/N-ethyl adjacent to an activating group) is 1. The van der Waals surface area contributed by atoms with Crippen LogP contribution in [-0.2, 0) is 11.4 Å². The third-order valence-corrected chi connectivity index (χ3v) is 7.10. The van der Waals surface area contributed by atoms with E-state index in [9.17, 15) is 9.59 Å². The molecule has 1 aliphatic heterocycles. The molecule has 4 rings (SSSR count). The second-order valence-corrected chi connectivity index (χ2v) is 9.92. The normalized spacial score (nSPS) is 15.4. The molecule has 0 spiro atoms. The van der Waals surface area contributed by atoms with Crippen LogP contribution in [0, 0.1) is 0 Å². The Bertz CT molecular complexity index is 1420. The van der Waals surface area contributed by atoms with E-state index >= 15 is 0 Å². The van der Waals surface area contributed by atoms with E-state index in [-0.39, 0.29) is 18.1 Å². The van der Waals surface area contributed by atoms with Crippen LogP contribution >= 0.6 is 35.0 Å². The zero-order valence-corrected chi connectivity index (χ0v) is 22.9. The van der Waals surface area contributed by atoms with Crippen LogP contribution in [0.3, 0.4) is 0 Å². The molecule has 0 saturated carbocycles. The first-order valence-electron chi connectivity index (χ1n) is 11.8. The van der Waals surface area contributed by atoms with Crippen molar-refractivity contribution in [2.45, 2.75) is 20.5 Å². The molecule has 1 N–H and O–H groups in total. The molecule has 1 saturated heterocycles. The van der Waals surface area contributed by atoms with Crippen LogP contribution < -0.4 is 9.47 Å². The van der Waals surface area contributed by atoms with Crippen molar-refractivity contribution < 1.29 is 24.2 Å². The van der Waals surface area contributed by atoms with Gasteiger partial charge in [0, 0.05) is 22.2 Å². The molecule has 196 valence electrons. The van der Waals surface area contributed by atoms with Gasteiger partial charge in [0.25, 0.3) is 5.91 Å². The Kier molecular flexibility index (Phi) is 8.99. The molecule has 1 aliphatic rings. The Morgan fingerprint density at radius 2 is 1.79 bits per heavy atom. The summed E-state index contributed by atoms with van der Waals surface area (Å²) in [6.07, 6.45) is 1.79. The van der Waals surface area contributed by atoms with Gasteiger partial charge in [-0.15, -0.1) is 0 Å². The molecule has 0 bridgehead atoms. The van der Waals surface area contributed by atoms with Crippen LogP contribution in [0.1, 0.15) is 35.3 Å². The lowest BCUT2D eigenvalue weighted by molar-refractivity contribution is -0.122. The van der Waals surface area contributed by atoms with Gasteiger partial charge in [0.1, 0.15) is 6.61 Å². The molecular formula is C28H24Cl2N2O5S. The van der Waals surface area contributed by atoms with Crippen molar-refractivity contribution in [2.24, 2.45) is 4.99 Å². The van der Waals surface area contributed by atoms with Crippen molar-refractivity contribution in [3.05, 3.63) is 92.3 Å². The summed E-state index contributed by atoms with van der Waals surface area (Å²) in [5, 5.41) is 10.7. The highest BCUT2D eigenvalue weighted by atomic mass is 35.5. The van der Waals surface area contributed by atoms with Gasteiger partial charge in [0.05, 0.1) is 22.8 Å². The van der Waals surface area contributed by atoms with Crippen molar-refractivity contribution in [3.63, 3.8) is 0 Å². The second kappa shape index (κ2) is 12.4. The Balaban J connectivity index is 1.55. The van der Waals surface area contributed by atoms with Crippen molar-refractivity contribution in [3.8, 4) is 11.5 Å². The predicted molar refractivity (Wildman–Crippen MR) is 152 cm³/mol.